The van der Waals surface area contributed by atoms with E-state index in [1.807, 2.05) is 14.2 Å². The molecule has 0 aromatic rings. The molecule has 5 fully saturated rings. The fourth-order valence-corrected chi connectivity index (χ4v) is 18.5. The van der Waals surface area contributed by atoms with Crippen LogP contribution < -0.4 is 0 Å². The molecule has 2 N–H and O–H groups in total. The van der Waals surface area contributed by atoms with E-state index in [1.54, 1.807) is 0 Å². The lowest BCUT2D eigenvalue weighted by molar-refractivity contribution is -0.947. The van der Waals surface area contributed by atoms with Gasteiger partial charge in [0.1, 0.15) is 51.5 Å². The second kappa shape index (κ2) is 32.7. The molecule has 2 aliphatic heterocycles. The lowest BCUT2D eigenvalue weighted by atomic mass is 9.81. The molecule has 10 nitrogen and oxygen atoms in total. The summed E-state index contributed by atoms with van der Waals surface area (Å²) in [5.74, 6) is 0. The minimum Gasteiger partial charge on any atom is -0.387 e. The predicted molar refractivity (Wildman–Crippen MR) is 320 cm³/mol. The van der Waals surface area contributed by atoms with E-state index < -0.39 is 0 Å². The Balaban J connectivity index is 1.13. The molecule has 12 heteroatoms. The molecule has 0 aromatic carbocycles. The van der Waals surface area contributed by atoms with Crippen LogP contribution in [0, 0.1) is 0 Å². The van der Waals surface area contributed by atoms with Crippen molar-refractivity contribution in [3.63, 3.8) is 0 Å². The highest BCUT2D eigenvalue weighted by Gasteiger charge is 2.54. The first-order valence-corrected chi connectivity index (χ1v) is 33.7. The number of thioether (sulfide) groups is 2. The smallest absolute Gasteiger partial charge is 0.128 e. The van der Waals surface area contributed by atoms with Gasteiger partial charge >= 0.3 is 0 Å². The third kappa shape index (κ3) is 22.3. The van der Waals surface area contributed by atoms with Gasteiger partial charge in [-0.3, -0.25) is 9.80 Å². The number of likely N-dealkylation sites (N-methyl/N-ethyl adjacent to an activating group) is 4. The molecular weight excluding hydrogens is 957 g/mol. The molecule has 2 heterocycles. The lowest BCUT2D eigenvalue weighted by Gasteiger charge is -2.61. The highest BCUT2D eigenvalue weighted by atomic mass is 32.2. The summed E-state index contributed by atoms with van der Waals surface area (Å²) in [7, 11) is 23.1. The van der Waals surface area contributed by atoms with Gasteiger partial charge in [-0.2, -0.15) is 23.5 Å². The van der Waals surface area contributed by atoms with Crippen molar-refractivity contribution in [1.29, 1.82) is 0 Å². The molecule has 2 saturated heterocycles. The van der Waals surface area contributed by atoms with Gasteiger partial charge in [0, 0.05) is 59.4 Å². The molecule has 3 aliphatic carbocycles. The fraction of sp³-hybridized carbons (Fsp3) is 1.00. The average Bonchev–Trinajstić information content (AvgIpc) is 3.35. The molecule has 3 saturated carbocycles. The van der Waals surface area contributed by atoms with Crippen LogP contribution in [0.3, 0.4) is 0 Å². The van der Waals surface area contributed by atoms with E-state index in [-0.39, 0.29) is 12.2 Å². The van der Waals surface area contributed by atoms with Crippen LogP contribution >= 0.6 is 23.5 Å². The van der Waals surface area contributed by atoms with Crippen molar-refractivity contribution < 1.29 is 37.6 Å². The SMILES string of the molecule is CCCCCCCCCC(O)C[N+](C)(C)CC[N+](C)(C)CCCCN1C2CCC(OC)CC2SC2CC3C(CC21)SC1CC(OC)CCC1N3CCCC[N+](C)(C)CC[N+](C)(C)CC(O)CCCCCCCCC. The summed E-state index contributed by atoms with van der Waals surface area (Å²) in [4.78, 5) is 6.24. The van der Waals surface area contributed by atoms with Crippen molar-refractivity contribution in [2.75, 3.05) is 136 Å². The summed E-state index contributed by atoms with van der Waals surface area (Å²) in [6, 6.07) is 2.75. The van der Waals surface area contributed by atoms with Crippen molar-refractivity contribution in [1.82, 2.24) is 9.80 Å². The first-order chi connectivity index (χ1) is 35.3. The molecule has 0 aromatic heterocycles. The van der Waals surface area contributed by atoms with Crippen LogP contribution in [0.4, 0.5) is 0 Å². The summed E-state index contributed by atoms with van der Waals surface area (Å²) < 4.78 is 16.2. The Kier molecular flexibility index (Phi) is 28.7. The molecule has 0 spiro atoms. The van der Waals surface area contributed by atoms with Crippen LogP contribution in [0.15, 0.2) is 0 Å². The number of methoxy groups -OCH3 is 2. The molecule has 5 aliphatic rings. The Morgan fingerprint density at radius 2 is 0.743 bits per heavy atom. The summed E-state index contributed by atoms with van der Waals surface area (Å²) in [6.07, 6.45) is 36.0. The average molecular weight is 1080 g/mol. The molecule has 74 heavy (non-hydrogen) atoms. The number of hydrogen-bond donors (Lipinski definition) is 2. The summed E-state index contributed by atoms with van der Waals surface area (Å²) >= 11 is 4.82. The third-order valence-electron chi connectivity index (χ3n) is 19.5. The van der Waals surface area contributed by atoms with Gasteiger partial charge in [-0.05, 0) is 103 Å². The van der Waals surface area contributed by atoms with Gasteiger partial charge in [0.2, 0.25) is 0 Å². The first kappa shape index (κ1) is 65.1. The Hall–Kier alpha value is 0.300. The van der Waals surface area contributed by atoms with E-state index in [9.17, 15) is 10.2 Å². The topological polar surface area (TPSA) is 65.4 Å². The van der Waals surface area contributed by atoms with Gasteiger partial charge in [0.15, 0.2) is 0 Å². The highest BCUT2D eigenvalue weighted by molar-refractivity contribution is 8.01. The standard InChI is InChI=1S/C62H126N6O4S2/c1-13-15-17-19-21-23-25-31-51(69)49-67(7,8)43-41-65(3,4)39-29-27-37-63-55-35-33-53(71-11)45-59(55)73-61-48-58-62(47-57(61)63)74-60-46-54(72-12)34-36-56(60)64(58)38-28-30-40-66(5,6)42-44-68(9,10)50-52(70)32-26-24-22-20-18-16-14-2/h51-62,69-70H,13-50H2,1-12H3/q+4. The monoisotopic (exact) mass is 1080 g/mol. The van der Waals surface area contributed by atoms with Gasteiger partial charge < -0.3 is 37.6 Å². The van der Waals surface area contributed by atoms with E-state index in [0.717, 1.165) is 70.0 Å². The molecule has 0 radical (unpaired) electrons. The van der Waals surface area contributed by atoms with Crippen molar-refractivity contribution in [2.45, 2.75) is 263 Å². The largest absolute Gasteiger partial charge is 0.387 e. The van der Waals surface area contributed by atoms with Gasteiger partial charge in [0.25, 0.3) is 0 Å². The molecule has 0 bridgehead atoms. The van der Waals surface area contributed by atoms with Crippen molar-refractivity contribution >= 4 is 23.5 Å². The number of quaternary nitrogens is 4. The zero-order chi connectivity index (χ0) is 53.8. The van der Waals surface area contributed by atoms with E-state index in [4.69, 9.17) is 9.47 Å². The predicted octanol–water partition coefficient (Wildman–Crippen LogP) is 11.1. The summed E-state index contributed by atoms with van der Waals surface area (Å²) in [5.41, 5.74) is 0. The molecule has 436 valence electrons. The minimum absolute atomic E-state index is 0.186. The quantitative estimate of drug-likeness (QED) is 0.0468. The molecule has 0 amide bonds. The number of rotatable bonds is 38. The van der Waals surface area contributed by atoms with Gasteiger partial charge in [0.05, 0.1) is 81.7 Å². The number of aliphatic hydroxyl groups excluding tert-OH is 2. The highest BCUT2D eigenvalue weighted by Crippen LogP contribution is 2.53. The Bertz CT molecular complexity index is 1400. The van der Waals surface area contributed by atoms with Crippen LogP contribution in [0.1, 0.15) is 194 Å². The molecule has 12 atom stereocenters. The maximum atomic E-state index is 11.0. The number of ether oxygens (including phenoxy) is 2. The Morgan fingerprint density at radius 3 is 1.11 bits per heavy atom. The van der Waals surface area contributed by atoms with Crippen molar-refractivity contribution in [3.8, 4) is 0 Å². The van der Waals surface area contributed by atoms with Crippen LogP contribution in [-0.2, 0) is 9.47 Å². The number of nitrogens with zero attached hydrogens (tertiary/aromatic N) is 6. The zero-order valence-electron chi connectivity index (χ0n) is 51.0. The molecule has 5 rings (SSSR count). The molecular formula is C62H126N6O4S2+4. The molecule has 12 unspecified atom stereocenters. The second-order valence-electron chi connectivity index (χ2n) is 28.0. The van der Waals surface area contributed by atoms with Gasteiger partial charge in [-0.1, -0.05) is 104 Å². The van der Waals surface area contributed by atoms with Crippen LogP contribution in [0.5, 0.6) is 0 Å². The summed E-state index contributed by atoms with van der Waals surface area (Å²) in [6.45, 7) is 15.8. The second-order valence-corrected chi connectivity index (χ2v) is 30.9. The number of fused-ring (bicyclic) bond motifs is 4. The van der Waals surface area contributed by atoms with Crippen LogP contribution in [-0.4, -0.2) is 244 Å². The van der Waals surface area contributed by atoms with Crippen molar-refractivity contribution in [2.24, 2.45) is 0 Å². The third-order valence-corrected chi connectivity index (χ3v) is 22.9. The van der Waals surface area contributed by atoms with E-state index in [0.29, 0.717) is 57.4 Å². The number of hydrogen-bond acceptors (Lipinski definition) is 8. The lowest BCUT2D eigenvalue weighted by Crippen LogP contribution is -2.67. The van der Waals surface area contributed by atoms with Gasteiger partial charge in [-0.15, -0.1) is 0 Å². The maximum absolute atomic E-state index is 11.0. The van der Waals surface area contributed by atoms with Crippen LogP contribution in [0.25, 0.3) is 0 Å². The number of unbranched alkanes of at least 4 members (excludes halogenated alkanes) is 14. The Morgan fingerprint density at radius 1 is 0.405 bits per heavy atom. The Labute approximate surface area is 467 Å². The zero-order valence-corrected chi connectivity index (χ0v) is 52.6. The normalized spacial score (nSPS) is 29.1. The van der Waals surface area contributed by atoms with Crippen LogP contribution in [0.2, 0.25) is 0 Å². The maximum Gasteiger partial charge on any atom is 0.128 e. The van der Waals surface area contributed by atoms with E-state index >= 15 is 0 Å². The number of aliphatic hydroxyl groups is 2. The fourth-order valence-electron chi connectivity index (χ4n) is 14.5. The van der Waals surface area contributed by atoms with E-state index in [1.165, 1.54) is 193 Å². The van der Waals surface area contributed by atoms with E-state index in [2.05, 4.69) is 104 Å². The summed E-state index contributed by atoms with van der Waals surface area (Å²) in [5, 5.41) is 24.8. The first-order valence-electron chi connectivity index (χ1n) is 31.8. The minimum atomic E-state index is -0.186. The van der Waals surface area contributed by atoms with Gasteiger partial charge in [-0.25, -0.2) is 0 Å². The van der Waals surface area contributed by atoms with Crippen molar-refractivity contribution in [3.05, 3.63) is 0 Å².